The molecular weight excluding hydrogens is 1940 g/mol. The third-order valence-corrected chi connectivity index (χ3v) is 26.2. The Balaban J connectivity index is 0.000000155. The van der Waals surface area contributed by atoms with Crippen LogP contribution >= 0.6 is 80.2 Å². The van der Waals surface area contributed by atoms with Gasteiger partial charge in [-0.15, -0.1) is 0 Å². The molecule has 0 amide bonds. The average molecular weight is 2030 g/mol. The third kappa shape index (κ3) is 20.7. The van der Waals surface area contributed by atoms with Crippen molar-refractivity contribution < 1.29 is 198 Å². The van der Waals surface area contributed by atoms with Crippen LogP contribution in [-0.4, -0.2) is 227 Å². The SMILES string of the molecule is COc1cccc2c1OP(=O)(OC[C@@]1(F)O[C@@H](n3cc(CO)c(=S)[nH]c3=O)[C@H](O)[C@@H]1O)OC2.[2H]C([2H])(OP1(=O)OCc2cccc(OC)c2O1)[C@@]1(F)O[C@@H](n2cc(CO)c(=S)[nH]c2=O)[C@H](O)[C@@H]1O.[2H]C([2H])(OP1(=O)OCc2cccc(OC)c2O1)[C@@]1(F)O[C@@]([2H])(n2cc(CO)c(=S)[nH]c2=O)[C@H](O)[C@@H]1O.[2H][C@@]1(n2cc(CO)c(=S)[nH]c2=O)O[C@](F)(COP2(=O)OCc3cccc(OC)c3O2)[C@@H](O)[C@H]1O. The summed E-state index contributed by atoms with van der Waals surface area (Å²) in [6.07, 6.45) is -25.3. The zero-order valence-corrected chi connectivity index (χ0v) is 74.4. The molecule has 720 valence electrons. The van der Waals surface area contributed by atoms with Crippen LogP contribution in [0.5, 0.6) is 46.0 Å². The van der Waals surface area contributed by atoms with Gasteiger partial charge >= 0.3 is 54.0 Å². The molecule has 8 aromatic rings. The first-order valence-corrected chi connectivity index (χ1v) is 45.0. The number of phosphoric acid groups is 4. The lowest BCUT2D eigenvalue weighted by Crippen LogP contribution is -2.43. The fourth-order valence-corrected chi connectivity index (χ4v) is 18.4. The second kappa shape index (κ2) is 40.3. The monoisotopic (exact) mass is 2030 g/mol. The molecule has 4 aromatic carbocycles. The Morgan fingerprint density at radius 2 is 0.636 bits per heavy atom. The van der Waals surface area contributed by atoms with E-state index in [1.807, 2.05) is 0 Å². The fourth-order valence-electron chi connectivity index (χ4n) is 12.9. The molecule has 0 saturated carbocycles. The zero-order chi connectivity index (χ0) is 101. The molecule has 16 rings (SSSR count). The highest BCUT2D eigenvalue weighted by molar-refractivity contribution is 7.72. The zero-order valence-electron chi connectivity index (χ0n) is 73.6. The van der Waals surface area contributed by atoms with E-state index in [1.165, 1.54) is 52.7 Å². The average Bonchev–Trinajstić information content (AvgIpc) is 1.55. The van der Waals surface area contributed by atoms with Crippen LogP contribution in [0.1, 0.15) is 77.6 Å². The first-order chi connectivity index (χ1) is 64.6. The Morgan fingerprint density at radius 3 is 0.939 bits per heavy atom. The summed E-state index contributed by atoms with van der Waals surface area (Å²) in [6, 6.07) is 18.8. The molecule has 12 heterocycles. The first kappa shape index (κ1) is 92.4. The standard InChI is InChI=1S/4C18H20FN2O10PS/c4*1-27-11-4-2-3-9-7-28-32(26,31-13(9)11)29-8-18(19)14(24)12(23)16(30-18)21-5-10(6-22)15(33)20-17(21)25/h4*2-5,12,14,16,22-24H,6-8H2,1H3,(H,20,25,33)/t4*12-,14+,16-,18-,32?/m1111/s1/i8D2,16D;16D;8D2;. The molecule has 60 heteroatoms. The maximum Gasteiger partial charge on any atom is 0.530 e. The van der Waals surface area contributed by atoms with E-state index >= 15 is 17.6 Å². The van der Waals surface area contributed by atoms with Crippen molar-refractivity contribution in [1.29, 1.82) is 0 Å². The van der Waals surface area contributed by atoms with E-state index in [2.05, 4.69) is 19.9 Å². The van der Waals surface area contributed by atoms with E-state index in [4.69, 9.17) is 149 Å². The number of hydrogen-bond donors (Lipinski definition) is 16. The number of benzene rings is 4. The molecule has 4 fully saturated rings. The maximum atomic E-state index is 16.0. The summed E-state index contributed by atoms with van der Waals surface area (Å²) in [4.78, 5) is 57.9. The minimum atomic E-state index is -4.94. The van der Waals surface area contributed by atoms with Crippen LogP contribution in [0.2, 0.25) is 0 Å². The van der Waals surface area contributed by atoms with Gasteiger partial charge in [0.1, 0.15) is 93.7 Å². The Hall–Kier alpha value is -8.64. The highest BCUT2D eigenvalue weighted by Gasteiger charge is 2.62. The second-order valence-corrected chi connectivity index (χ2v) is 36.1. The smallest absolute Gasteiger partial charge is 0.493 e. The van der Waals surface area contributed by atoms with Crippen molar-refractivity contribution in [1.82, 2.24) is 38.2 Å². The number of para-hydroxylation sites is 4. The van der Waals surface area contributed by atoms with Gasteiger partial charge < -0.3 is 117 Å². The van der Waals surface area contributed by atoms with Gasteiger partial charge in [-0.3, -0.25) is 74.4 Å². The number of phosphoric ester groups is 4. The number of aromatic nitrogens is 8. The molecule has 8 aliphatic heterocycles. The minimum absolute atomic E-state index is 0.00145. The van der Waals surface area contributed by atoms with Crippen molar-refractivity contribution in [2.75, 3.05) is 54.8 Å². The lowest BCUT2D eigenvalue weighted by atomic mass is 10.1. The van der Waals surface area contributed by atoms with Crippen molar-refractivity contribution in [2.45, 2.75) is 150 Å². The van der Waals surface area contributed by atoms with E-state index in [0.717, 1.165) is 29.4 Å². The summed E-state index contributed by atoms with van der Waals surface area (Å²) in [5.74, 6) is -13.7. The number of methoxy groups -OCH3 is 4. The number of fused-ring (bicyclic) bond motifs is 4. The van der Waals surface area contributed by atoms with E-state index in [0.29, 0.717) is 31.4 Å². The number of nitrogens with zero attached hydrogens (tertiary/aromatic N) is 4. The van der Waals surface area contributed by atoms with Gasteiger partial charge in [-0.05, 0) is 24.3 Å². The molecule has 4 saturated heterocycles. The quantitative estimate of drug-likeness (QED) is 0.0229. The van der Waals surface area contributed by atoms with Crippen molar-refractivity contribution in [3.63, 3.8) is 0 Å². The van der Waals surface area contributed by atoms with Gasteiger partial charge in [0, 0.05) is 69.3 Å². The van der Waals surface area contributed by atoms with Gasteiger partial charge in [0.2, 0.25) is 0 Å². The number of aromatic amines is 4. The lowest BCUT2D eigenvalue weighted by Gasteiger charge is -2.28. The molecule has 0 aliphatic carbocycles. The number of H-pyrrole nitrogens is 4. The van der Waals surface area contributed by atoms with Gasteiger partial charge in [0.05, 0.1) is 89.5 Å². The lowest BCUT2D eigenvalue weighted by molar-refractivity contribution is -0.205. The van der Waals surface area contributed by atoms with Crippen LogP contribution in [0, 0.1) is 18.6 Å². The predicted molar refractivity (Wildman–Crippen MR) is 439 cm³/mol. The molecule has 132 heavy (non-hydrogen) atoms. The molecular formula is C72H80F4N8O40P4S4. The number of alkyl halides is 4. The summed E-state index contributed by atoms with van der Waals surface area (Å²) < 4.78 is 266. The number of aliphatic hydroxyl groups excluding tert-OH is 12. The summed E-state index contributed by atoms with van der Waals surface area (Å²) in [5, 5.41) is 120. The van der Waals surface area contributed by atoms with Crippen LogP contribution in [0.25, 0.3) is 0 Å². The number of ether oxygens (including phenoxy) is 8. The Labute approximate surface area is 765 Å². The van der Waals surface area contributed by atoms with Gasteiger partial charge in [0.15, 0.2) is 70.9 Å². The Morgan fingerprint density at radius 1 is 0.394 bits per heavy atom. The number of hydrogen-bond acceptors (Lipinski definition) is 44. The van der Waals surface area contributed by atoms with Gasteiger partial charge in [-0.2, -0.15) is 0 Å². The topological polar surface area (TPSA) is 647 Å². The molecule has 0 bridgehead atoms. The number of nitrogens with one attached hydrogen (secondary N) is 4. The van der Waals surface area contributed by atoms with Crippen molar-refractivity contribution in [3.8, 4) is 46.0 Å². The van der Waals surface area contributed by atoms with Crippen LogP contribution in [-0.2, 0) is 126 Å². The van der Waals surface area contributed by atoms with Gasteiger partial charge in [-0.1, -0.05) is 97.4 Å². The molecule has 0 radical (unpaired) electrons. The molecule has 0 spiro atoms. The summed E-state index contributed by atoms with van der Waals surface area (Å²) >= 11 is 19.5. The van der Waals surface area contributed by atoms with Crippen LogP contribution in [0.15, 0.2) is 117 Å². The number of rotatable bonds is 24. The first-order valence-electron chi connectivity index (χ1n) is 40.5. The van der Waals surface area contributed by atoms with Gasteiger partial charge in [-0.25, -0.2) is 55.0 Å². The van der Waals surface area contributed by atoms with Crippen LogP contribution < -0.4 is 59.8 Å². The maximum absolute atomic E-state index is 16.0. The summed E-state index contributed by atoms with van der Waals surface area (Å²) in [6.45, 7) is -13.8. The van der Waals surface area contributed by atoms with Crippen LogP contribution in [0.3, 0.4) is 0 Å². The highest BCUT2D eigenvalue weighted by atomic mass is 32.1. The van der Waals surface area contributed by atoms with Crippen molar-refractivity contribution in [3.05, 3.63) is 203 Å². The largest absolute Gasteiger partial charge is 0.530 e. The molecule has 48 nitrogen and oxygen atoms in total. The molecule has 16 N–H and O–H groups in total. The highest BCUT2D eigenvalue weighted by Crippen LogP contribution is 2.62. The molecule has 4 aromatic heterocycles. The summed E-state index contributed by atoms with van der Waals surface area (Å²) in [7, 11) is -13.3. The van der Waals surface area contributed by atoms with Crippen molar-refractivity contribution in [2.24, 2.45) is 0 Å². The molecule has 4 unspecified atom stereocenters. The van der Waals surface area contributed by atoms with E-state index in [9.17, 15) is 98.7 Å². The van der Waals surface area contributed by atoms with E-state index < -0.39 is 211 Å². The van der Waals surface area contributed by atoms with E-state index in [1.54, 1.807) is 48.5 Å². The Kier molecular flexibility index (Phi) is 28.2. The number of halogens is 4. The third-order valence-electron chi connectivity index (χ3n) is 19.8. The predicted octanol–water partition coefficient (Wildman–Crippen LogP) is 4.23. The number of aliphatic hydroxyl groups is 12. The van der Waals surface area contributed by atoms with Gasteiger partial charge in [0.25, 0.3) is 23.4 Å². The molecule has 8 aliphatic rings. The minimum Gasteiger partial charge on any atom is -0.493 e. The summed E-state index contributed by atoms with van der Waals surface area (Å²) in [5.41, 5.74) is -2.47. The second-order valence-electron chi connectivity index (χ2n) is 28.2. The van der Waals surface area contributed by atoms with E-state index in [-0.39, 0.29) is 111 Å². The normalized spacial score (nSPS) is 33.1. The van der Waals surface area contributed by atoms with Crippen LogP contribution in [0.4, 0.5) is 17.6 Å². The fraction of sp³-hybridized carbons (Fsp3) is 0.444. The molecule has 20 atom stereocenters. The van der Waals surface area contributed by atoms with Crippen molar-refractivity contribution >= 4 is 80.2 Å². The Bertz CT molecular complexity index is 6670.